The summed E-state index contributed by atoms with van der Waals surface area (Å²) in [4.78, 5) is 9.48. The summed E-state index contributed by atoms with van der Waals surface area (Å²) in [6.45, 7) is 0. The Bertz CT molecular complexity index is 433. The van der Waals surface area contributed by atoms with Gasteiger partial charge in [-0.1, -0.05) is 0 Å². The summed E-state index contributed by atoms with van der Waals surface area (Å²) >= 11 is 2.72. The van der Waals surface area contributed by atoms with Crippen molar-refractivity contribution in [1.29, 1.82) is 0 Å². The fourth-order valence-electron chi connectivity index (χ4n) is 1.11. The van der Waals surface area contributed by atoms with Gasteiger partial charge < -0.3 is 4.74 Å². The van der Waals surface area contributed by atoms with Crippen LogP contribution < -0.4 is 4.74 Å². The summed E-state index contributed by atoms with van der Waals surface area (Å²) < 4.78 is 41.7. The Labute approximate surface area is 96.3 Å². The zero-order chi connectivity index (χ0) is 12.5. The predicted octanol–water partition coefficient (Wildman–Crippen LogP) is 3.38. The van der Waals surface area contributed by atoms with Crippen LogP contribution in [0.2, 0.25) is 0 Å². The van der Waals surface area contributed by atoms with Crippen molar-refractivity contribution in [2.45, 2.75) is 6.18 Å². The van der Waals surface area contributed by atoms with Crippen molar-refractivity contribution in [2.24, 2.45) is 0 Å². The molecule has 8 heteroatoms. The molecule has 0 spiro atoms. The molecule has 0 N–H and O–H groups in total. The molecule has 0 aromatic heterocycles. The first-order valence-corrected chi connectivity index (χ1v) is 4.66. The van der Waals surface area contributed by atoms with E-state index in [4.69, 9.17) is 0 Å². The average Bonchev–Trinajstić information content (AvgIpc) is 2.15. The van der Waals surface area contributed by atoms with Gasteiger partial charge in [-0.25, -0.2) is 0 Å². The van der Waals surface area contributed by atoms with Crippen molar-refractivity contribution < 1.29 is 22.8 Å². The summed E-state index contributed by atoms with van der Waals surface area (Å²) in [5.74, 6) is -0.0281. The number of benzene rings is 1. The van der Waals surface area contributed by atoms with Crippen molar-refractivity contribution in [3.63, 3.8) is 0 Å². The fraction of sp³-hybridized carbons (Fsp3) is 0.250. The first kappa shape index (κ1) is 12.8. The molecule has 4 nitrogen and oxygen atoms in total. The Morgan fingerprint density at radius 1 is 1.44 bits per heavy atom. The molecule has 0 heterocycles. The highest BCUT2D eigenvalue weighted by Crippen LogP contribution is 2.43. The van der Waals surface area contributed by atoms with E-state index in [1.54, 1.807) is 0 Å². The third-order valence-corrected chi connectivity index (χ3v) is 2.55. The Morgan fingerprint density at radius 3 is 2.38 bits per heavy atom. The van der Waals surface area contributed by atoms with Crippen molar-refractivity contribution in [3.8, 4) is 5.75 Å². The first-order valence-electron chi connectivity index (χ1n) is 3.87. The average molecular weight is 300 g/mol. The second kappa shape index (κ2) is 4.28. The maximum atomic E-state index is 12.5. The van der Waals surface area contributed by atoms with Gasteiger partial charge in [-0.2, -0.15) is 13.2 Å². The van der Waals surface area contributed by atoms with E-state index in [0.29, 0.717) is 6.07 Å². The summed E-state index contributed by atoms with van der Waals surface area (Å²) in [5.41, 5.74) is -2.36. The van der Waals surface area contributed by atoms with E-state index in [2.05, 4.69) is 20.7 Å². The second-order valence-electron chi connectivity index (χ2n) is 2.73. The highest BCUT2D eigenvalue weighted by molar-refractivity contribution is 9.10. The molecule has 0 bridgehead atoms. The minimum Gasteiger partial charge on any atom is -0.495 e. The zero-order valence-corrected chi connectivity index (χ0v) is 9.42. The van der Waals surface area contributed by atoms with Gasteiger partial charge in [0.05, 0.1) is 12.0 Å². The molecular formula is C8H5BrF3NO3. The van der Waals surface area contributed by atoms with Gasteiger partial charge in [-0.05, 0) is 28.1 Å². The number of nitro groups is 1. The molecule has 1 aromatic rings. The largest absolute Gasteiger partial charge is 0.495 e. The van der Waals surface area contributed by atoms with E-state index >= 15 is 0 Å². The van der Waals surface area contributed by atoms with Crippen molar-refractivity contribution in [3.05, 3.63) is 32.3 Å². The molecule has 0 amide bonds. The lowest BCUT2D eigenvalue weighted by molar-refractivity contribution is -0.388. The van der Waals surface area contributed by atoms with Crippen LogP contribution in [0.1, 0.15) is 5.56 Å². The number of ether oxygens (including phenoxy) is 1. The molecule has 0 aliphatic carbocycles. The number of hydrogen-bond donors (Lipinski definition) is 0. The van der Waals surface area contributed by atoms with Crippen molar-refractivity contribution >= 4 is 21.6 Å². The number of methoxy groups -OCH3 is 1. The molecular weight excluding hydrogens is 295 g/mol. The van der Waals surface area contributed by atoms with E-state index in [-0.39, 0.29) is 10.2 Å². The van der Waals surface area contributed by atoms with Crippen LogP contribution in [0.15, 0.2) is 16.6 Å². The smallest absolute Gasteiger partial charge is 0.423 e. The Morgan fingerprint density at radius 2 is 2.00 bits per heavy atom. The number of alkyl halides is 3. The Kier molecular flexibility index (Phi) is 3.41. The van der Waals surface area contributed by atoms with Crippen LogP contribution in [0, 0.1) is 10.1 Å². The van der Waals surface area contributed by atoms with Crippen LogP contribution in [0.3, 0.4) is 0 Å². The van der Waals surface area contributed by atoms with E-state index in [1.807, 2.05) is 0 Å². The Balaban J connectivity index is 3.53. The van der Waals surface area contributed by atoms with E-state index < -0.39 is 22.4 Å². The third kappa shape index (κ3) is 2.26. The molecule has 88 valence electrons. The number of nitro benzene ring substituents is 1. The Hall–Kier alpha value is -1.31. The topological polar surface area (TPSA) is 52.4 Å². The molecule has 1 rings (SSSR count). The fourth-order valence-corrected chi connectivity index (χ4v) is 1.76. The molecule has 0 unspecified atom stereocenters. The number of halogens is 4. The third-order valence-electron chi connectivity index (χ3n) is 1.79. The van der Waals surface area contributed by atoms with Crippen LogP contribution in [0.5, 0.6) is 5.75 Å². The summed E-state index contributed by atoms with van der Waals surface area (Å²) in [5, 5.41) is 10.6. The standard InChI is InChI=1S/C8H5BrF3NO3/c1-16-5-3-2-4(8(10,11)12)7(6(5)9)13(14)15/h2-3H,1H3. The molecule has 0 atom stereocenters. The molecule has 0 radical (unpaired) electrons. The molecule has 0 saturated carbocycles. The van der Waals surface area contributed by atoms with Crippen molar-refractivity contribution in [1.82, 2.24) is 0 Å². The maximum absolute atomic E-state index is 12.5. The van der Waals surface area contributed by atoms with Crippen LogP contribution >= 0.6 is 15.9 Å². The van der Waals surface area contributed by atoms with Gasteiger partial charge in [0, 0.05) is 0 Å². The second-order valence-corrected chi connectivity index (χ2v) is 3.53. The highest BCUT2D eigenvalue weighted by atomic mass is 79.9. The first-order chi connectivity index (χ1) is 7.29. The zero-order valence-electron chi connectivity index (χ0n) is 7.84. The summed E-state index contributed by atoms with van der Waals surface area (Å²) in [6, 6.07) is 1.63. The summed E-state index contributed by atoms with van der Waals surface area (Å²) in [7, 11) is 1.21. The normalized spacial score (nSPS) is 11.3. The van der Waals surface area contributed by atoms with Crippen molar-refractivity contribution in [2.75, 3.05) is 7.11 Å². The van der Waals surface area contributed by atoms with Gasteiger partial charge in [0.2, 0.25) is 0 Å². The molecule has 16 heavy (non-hydrogen) atoms. The lowest BCUT2D eigenvalue weighted by Crippen LogP contribution is -2.09. The molecule has 1 aromatic carbocycles. The number of nitrogens with zero attached hydrogens (tertiary/aromatic N) is 1. The highest BCUT2D eigenvalue weighted by Gasteiger charge is 2.40. The minimum atomic E-state index is -4.78. The van der Waals surface area contributed by atoms with Gasteiger partial charge in [-0.15, -0.1) is 0 Å². The number of rotatable bonds is 2. The minimum absolute atomic E-state index is 0.0281. The van der Waals surface area contributed by atoms with E-state index in [1.165, 1.54) is 7.11 Å². The quantitative estimate of drug-likeness (QED) is 0.621. The van der Waals surface area contributed by atoms with Gasteiger partial charge in [-0.3, -0.25) is 10.1 Å². The lowest BCUT2D eigenvalue weighted by atomic mass is 10.1. The predicted molar refractivity (Wildman–Crippen MR) is 52.4 cm³/mol. The van der Waals surface area contributed by atoms with Crippen LogP contribution in [0.25, 0.3) is 0 Å². The molecule has 0 saturated heterocycles. The van der Waals surface area contributed by atoms with E-state index in [0.717, 1.165) is 6.07 Å². The number of hydrogen-bond acceptors (Lipinski definition) is 3. The van der Waals surface area contributed by atoms with Crippen LogP contribution in [0.4, 0.5) is 18.9 Å². The molecule has 0 aliphatic heterocycles. The lowest BCUT2D eigenvalue weighted by Gasteiger charge is -2.10. The molecule has 0 aliphatic rings. The monoisotopic (exact) mass is 299 g/mol. The maximum Gasteiger partial charge on any atom is 0.423 e. The van der Waals surface area contributed by atoms with Crippen LogP contribution in [-0.4, -0.2) is 12.0 Å². The van der Waals surface area contributed by atoms with Gasteiger partial charge >= 0.3 is 6.18 Å². The molecule has 0 fully saturated rings. The van der Waals surface area contributed by atoms with Gasteiger partial charge in [0.1, 0.15) is 15.8 Å². The SMILES string of the molecule is COc1ccc(C(F)(F)F)c([N+](=O)[O-])c1Br. The van der Waals surface area contributed by atoms with E-state index in [9.17, 15) is 23.3 Å². The van der Waals surface area contributed by atoms with Crippen LogP contribution in [-0.2, 0) is 6.18 Å². The van der Waals surface area contributed by atoms with Gasteiger partial charge in [0.15, 0.2) is 0 Å². The van der Waals surface area contributed by atoms with Gasteiger partial charge in [0.25, 0.3) is 5.69 Å². The summed E-state index contributed by atoms with van der Waals surface area (Å²) in [6.07, 6.45) is -4.78.